The third kappa shape index (κ3) is 9.55. The summed E-state index contributed by atoms with van der Waals surface area (Å²) in [5.74, 6) is 0.0693. The van der Waals surface area contributed by atoms with Crippen molar-refractivity contribution < 1.29 is 28.0 Å². The minimum Gasteiger partial charge on any atom is -0.455 e. The molecule has 2 aliphatic heterocycles. The van der Waals surface area contributed by atoms with Gasteiger partial charge in [0.15, 0.2) is 0 Å². The average Bonchev–Trinajstić information content (AvgIpc) is 3.76. The Hall–Kier alpha value is -5.62. The van der Waals surface area contributed by atoms with Crippen molar-refractivity contribution in [3.63, 3.8) is 0 Å². The number of carbonyl (C=O) groups is 1. The molecule has 1 spiro atoms. The Kier molecular flexibility index (Phi) is 12.3. The summed E-state index contributed by atoms with van der Waals surface area (Å²) in [4.78, 5) is 41.5. The molecule has 17 heteroatoms. The van der Waals surface area contributed by atoms with Crippen LogP contribution in [0.1, 0.15) is 106 Å². The number of sulfonamides is 1. The van der Waals surface area contributed by atoms with Gasteiger partial charge in [-0.15, -0.1) is 0 Å². The van der Waals surface area contributed by atoms with Crippen molar-refractivity contribution >= 4 is 44.2 Å². The van der Waals surface area contributed by atoms with Gasteiger partial charge in [-0.05, 0) is 111 Å². The number of aliphatic hydroxyl groups is 1. The molecule has 0 radical (unpaired) electrons. The molecule has 1 atom stereocenters. The topological polar surface area (TPSA) is 208 Å². The number of piperidine rings is 1. The zero-order chi connectivity index (χ0) is 45.5. The van der Waals surface area contributed by atoms with E-state index in [2.05, 4.69) is 78.2 Å². The summed E-state index contributed by atoms with van der Waals surface area (Å²) in [5.41, 5.74) is 3.34. The zero-order valence-corrected chi connectivity index (χ0v) is 38.1. The van der Waals surface area contributed by atoms with E-state index in [-0.39, 0.29) is 28.5 Å². The first kappa shape index (κ1) is 44.6. The smallest absolute Gasteiger partial charge is 0.312 e. The van der Waals surface area contributed by atoms with Crippen LogP contribution in [0.5, 0.6) is 11.5 Å². The minimum absolute atomic E-state index is 0.0429. The molecule has 16 nitrogen and oxygen atoms in total. The van der Waals surface area contributed by atoms with E-state index in [0.29, 0.717) is 48.8 Å². The van der Waals surface area contributed by atoms with Crippen LogP contribution in [0.2, 0.25) is 0 Å². The van der Waals surface area contributed by atoms with Crippen molar-refractivity contribution in [2.45, 2.75) is 101 Å². The van der Waals surface area contributed by atoms with Crippen LogP contribution in [0.4, 0.5) is 17.2 Å². The second kappa shape index (κ2) is 18.0. The Balaban J connectivity index is 0.898. The van der Waals surface area contributed by atoms with Crippen molar-refractivity contribution in [2.75, 3.05) is 49.5 Å². The number of nitrogens with zero attached hydrogens (tertiary/aromatic N) is 5. The summed E-state index contributed by atoms with van der Waals surface area (Å²) >= 11 is 0. The first-order chi connectivity index (χ1) is 31.2. The largest absolute Gasteiger partial charge is 0.455 e. The van der Waals surface area contributed by atoms with Gasteiger partial charge in [0, 0.05) is 80.8 Å². The number of ether oxygens (including phenoxy) is 1. The lowest BCUT2D eigenvalue weighted by atomic mass is 9.59. The van der Waals surface area contributed by atoms with Crippen molar-refractivity contribution in [3.05, 3.63) is 106 Å². The lowest BCUT2D eigenvalue weighted by Crippen LogP contribution is -2.59. The van der Waals surface area contributed by atoms with Crippen molar-refractivity contribution in [2.24, 2.45) is 11.3 Å². The molecule has 2 aromatic carbocycles. The number of benzene rings is 2. The van der Waals surface area contributed by atoms with Gasteiger partial charge in [0.2, 0.25) is 5.82 Å². The van der Waals surface area contributed by atoms with E-state index in [1.807, 2.05) is 6.07 Å². The lowest BCUT2D eigenvalue weighted by molar-refractivity contribution is -0.384. The fourth-order valence-electron chi connectivity index (χ4n) is 10.5. The van der Waals surface area contributed by atoms with Gasteiger partial charge in [-0.3, -0.25) is 19.8 Å². The highest BCUT2D eigenvalue weighted by atomic mass is 32.2. The van der Waals surface area contributed by atoms with E-state index in [9.17, 15) is 28.4 Å². The number of fused-ring (bicyclic) bond motifs is 1. The monoisotopic (exact) mass is 905 g/mol. The summed E-state index contributed by atoms with van der Waals surface area (Å²) in [6, 6.07) is 19.5. The molecule has 2 saturated heterocycles. The fraction of sp³-hybridized carbons (Fsp3) is 0.479. The van der Waals surface area contributed by atoms with Gasteiger partial charge in [0.1, 0.15) is 22.0 Å². The highest BCUT2D eigenvalue weighted by molar-refractivity contribution is 7.90. The highest BCUT2D eigenvalue weighted by Gasteiger charge is 2.49. The number of pyridine rings is 2. The summed E-state index contributed by atoms with van der Waals surface area (Å²) in [7, 11) is -4.63. The van der Waals surface area contributed by atoms with Crippen LogP contribution < -0.4 is 25.0 Å². The summed E-state index contributed by atoms with van der Waals surface area (Å²) in [6.45, 7) is 11.4. The molecule has 344 valence electrons. The summed E-state index contributed by atoms with van der Waals surface area (Å²) < 4.78 is 35.9. The van der Waals surface area contributed by atoms with Crippen molar-refractivity contribution in [3.8, 4) is 11.5 Å². The Morgan fingerprint density at radius 2 is 1.78 bits per heavy atom. The van der Waals surface area contributed by atoms with Gasteiger partial charge in [-0.2, -0.15) is 0 Å². The SMILES string of the molecule is CC(C)c1ccccc1C1CNCCN1C1CC2(CCN(c3ccc(C(=O)NS(=O)(=O)c4cnc(NCC5CCC(C)(O)CC5)c([N+](=O)[O-])c4)c(Oc4cnc5[nH]ccc5c4)c3)CC2)C1. The second-order valence-electron chi connectivity index (χ2n) is 19.2. The second-order valence-corrected chi connectivity index (χ2v) is 20.9. The number of carbonyl (C=O) groups excluding carboxylic acids is 1. The van der Waals surface area contributed by atoms with E-state index in [4.69, 9.17) is 4.74 Å². The van der Waals surface area contributed by atoms with Crippen LogP contribution in [0.25, 0.3) is 11.0 Å². The van der Waals surface area contributed by atoms with Crippen LogP contribution >= 0.6 is 0 Å². The standard InChI is InChI=1S/C48H59N9O7S/c1-31(2)38-6-4-5-7-39(38)42-30-49-18-21-56(42)35-25-48(26-35)15-19-55(20-16-48)34-8-9-40(43(23-34)64-36-22-33-12-17-50-44(33)52-28-36)46(58)54-65(62,63)37-24-41(57(60)61)45(53-29-37)51-27-32-10-13-47(3,59)14-11-32/h4-9,12,17,22-24,28-29,31-32,35,42,49,59H,10-11,13-16,18-21,25-27,30H2,1-3H3,(H,50,52)(H,51,53)(H,54,58). The number of aromatic nitrogens is 3. The quantitative estimate of drug-likeness (QED) is 0.0569. The number of hydrogen-bond acceptors (Lipinski definition) is 13. The van der Waals surface area contributed by atoms with Crippen molar-refractivity contribution in [1.82, 2.24) is 29.9 Å². The molecule has 2 aliphatic carbocycles. The highest BCUT2D eigenvalue weighted by Crippen LogP contribution is 2.53. The van der Waals surface area contributed by atoms with Crippen LogP contribution in [-0.2, 0) is 10.0 Å². The molecular formula is C48H59N9O7S. The van der Waals surface area contributed by atoms with Crippen LogP contribution in [0.15, 0.2) is 84.1 Å². The number of aromatic amines is 1. The Labute approximate surface area is 379 Å². The van der Waals surface area contributed by atoms with Gasteiger partial charge < -0.3 is 30.4 Å². The van der Waals surface area contributed by atoms with Gasteiger partial charge in [0.05, 0.1) is 28.5 Å². The predicted molar refractivity (Wildman–Crippen MR) is 249 cm³/mol. The first-order valence-electron chi connectivity index (χ1n) is 22.9. The molecular weight excluding hydrogens is 847 g/mol. The minimum atomic E-state index is -4.63. The van der Waals surface area contributed by atoms with E-state index in [1.54, 1.807) is 37.4 Å². The molecule has 1 unspecified atom stereocenters. The predicted octanol–water partition coefficient (Wildman–Crippen LogP) is 7.65. The molecule has 5 N–H and O–H groups in total. The van der Waals surface area contributed by atoms with Crippen LogP contribution in [-0.4, -0.2) is 95.1 Å². The maximum Gasteiger partial charge on any atom is 0.312 e. The molecule has 0 bridgehead atoms. The van der Waals surface area contributed by atoms with Crippen LogP contribution in [0.3, 0.4) is 0 Å². The maximum absolute atomic E-state index is 14.0. The Bertz CT molecular complexity index is 2660. The van der Waals surface area contributed by atoms with Gasteiger partial charge in [0.25, 0.3) is 15.9 Å². The van der Waals surface area contributed by atoms with E-state index in [0.717, 1.165) is 81.7 Å². The van der Waals surface area contributed by atoms with Gasteiger partial charge in [-0.25, -0.2) is 23.1 Å². The van der Waals surface area contributed by atoms with Gasteiger partial charge in [-0.1, -0.05) is 38.1 Å². The molecule has 4 aliphatic rings. The zero-order valence-electron chi connectivity index (χ0n) is 37.3. The molecule has 1 amide bonds. The number of nitrogens with one attached hydrogen (secondary N) is 4. The number of anilines is 2. The maximum atomic E-state index is 14.0. The normalized spacial score (nSPS) is 22.8. The third-order valence-electron chi connectivity index (χ3n) is 14.4. The van der Waals surface area contributed by atoms with Gasteiger partial charge >= 0.3 is 5.69 Å². The summed E-state index contributed by atoms with van der Waals surface area (Å²) in [5, 5.41) is 29.9. The number of piperazine rings is 1. The molecule has 9 rings (SSSR count). The van der Waals surface area contributed by atoms with Crippen molar-refractivity contribution in [1.29, 1.82) is 0 Å². The number of rotatable bonds is 13. The molecule has 2 saturated carbocycles. The third-order valence-corrected chi connectivity index (χ3v) is 15.7. The molecule has 5 heterocycles. The number of nitro groups is 1. The molecule has 3 aromatic heterocycles. The number of H-pyrrole nitrogens is 1. The first-order valence-corrected chi connectivity index (χ1v) is 24.4. The molecule has 5 aromatic rings. The van der Waals surface area contributed by atoms with Crippen LogP contribution in [0, 0.1) is 21.4 Å². The molecule has 4 fully saturated rings. The van der Waals surface area contributed by atoms with E-state index >= 15 is 0 Å². The lowest BCUT2D eigenvalue weighted by Gasteiger charge is -2.57. The number of hydrogen-bond donors (Lipinski definition) is 5. The van der Waals surface area contributed by atoms with E-state index < -0.39 is 37.0 Å². The Morgan fingerprint density at radius 3 is 2.54 bits per heavy atom. The average molecular weight is 906 g/mol. The van der Waals surface area contributed by atoms with E-state index in [1.165, 1.54) is 30.2 Å². The fourth-order valence-corrected chi connectivity index (χ4v) is 11.5. The molecule has 65 heavy (non-hydrogen) atoms. The summed E-state index contributed by atoms with van der Waals surface area (Å²) in [6.07, 6.45) is 11.4. The number of amides is 1. The Morgan fingerprint density at radius 1 is 1.02 bits per heavy atom.